The number of ketones is 1. The van der Waals surface area contributed by atoms with Gasteiger partial charge in [-0.25, -0.2) is 4.79 Å². The second-order valence-corrected chi connectivity index (χ2v) is 5.59. The molecule has 0 fully saturated rings. The SMILES string of the molecule is CC(=O)c1c(OC(=O)c2ccccc2Cl)c2ccccc2n1C. The van der Waals surface area contributed by atoms with E-state index in [4.69, 9.17) is 16.3 Å². The zero-order valence-electron chi connectivity index (χ0n) is 12.7. The Morgan fingerprint density at radius 2 is 1.70 bits per heavy atom. The third kappa shape index (κ3) is 2.62. The molecule has 0 amide bonds. The fourth-order valence-electron chi connectivity index (χ4n) is 2.63. The number of carbonyl (C=O) groups is 2. The van der Waals surface area contributed by atoms with Crippen molar-refractivity contribution in [1.82, 2.24) is 4.57 Å². The third-order valence-electron chi connectivity index (χ3n) is 3.68. The monoisotopic (exact) mass is 327 g/mol. The van der Waals surface area contributed by atoms with Crippen molar-refractivity contribution >= 4 is 34.3 Å². The first-order chi connectivity index (χ1) is 11.0. The molecule has 0 aliphatic heterocycles. The predicted octanol–water partition coefficient (Wildman–Crippen LogP) is 4.25. The van der Waals surface area contributed by atoms with Crippen molar-refractivity contribution in [2.24, 2.45) is 7.05 Å². The second-order valence-electron chi connectivity index (χ2n) is 5.18. The van der Waals surface area contributed by atoms with Crippen LogP contribution in [0.2, 0.25) is 5.02 Å². The topological polar surface area (TPSA) is 48.3 Å². The summed E-state index contributed by atoms with van der Waals surface area (Å²) in [6.07, 6.45) is 0. The summed E-state index contributed by atoms with van der Waals surface area (Å²) in [5.74, 6) is -0.499. The van der Waals surface area contributed by atoms with Gasteiger partial charge in [0, 0.05) is 19.4 Å². The van der Waals surface area contributed by atoms with Gasteiger partial charge in [-0.3, -0.25) is 4.79 Å². The van der Waals surface area contributed by atoms with Crippen molar-refractivity contribution in [2.45, 2.75) is 6.92 Å². The van der Waals surface area contributed by atoms with Crippen LogP contribution in [0.5, 0.6) is 5.75 Å². The molecule has 5 heteroatoms. The number of carbonyl (C=O) groups excluding carboxylic acids is 2. The number of aryl methyl sites for hydroxylation is 1. The minimum atomic E-state index is -0.588. The zero-order chi connectivity index (χ0) is 16.6. The van der Waals surface area contributed by atoms with Gasteiger partial charge >= 0.3 is 5.97 Å². The fraction of sp³-hybridized carbons (Fsp3) is 0.111. The molecule has 2 aromatic carbocycles. The summed E-state index contributed by atoms with van der Waals surface area (Å²) in [6, 6.07) is 14.0. The van der Waals surface area contributed by atoms with Crippen LogP contribution >= 0.6 is 11.6 Å². The van der Waals surface area contributed by atoms with Gasteiger partial charge in [0.25, 0.3) is 0 Å². The largest absolute Gasteiger partial charge is 0.420 e. The van der Waals surface area contributed by atoms with Crippen molar-refractivity contribution < 1.29 is 14.3 Å². The molecule has 3 aromatic rings. The molecule has 0 aliphatic rings. The van der Waals surface area contributed by atoms with Crippen LogP contribution in [0.3, 0.4) is 0 Å². The van der Waals surface area contributed by atoms with E-state index in [-0.39, 0.29) is 17.1 Å². The molecule has 23 heavy (non-hydrogen) atoms. The Labute approximate surface area is 138 Å². The van der Waals surface area contributed by atoms with Gasteiger partial charge in [0.2, 0.25) is 0 Å². The molecule has 1 heterocycles. The van der Waals surface area contributed by atoms with Crippen molar-refractivity contribution in [3.63, 3.8) is 0 Å². The summed E-state index contributed by atoms with van der Waals surface area (Å²) in [5, 5.41) is 1.02. The first-order valence-electron chi connectivity index (χ1n) is 7.05. The predicted molar refractivity (Wildman–Crippen MR) is 89.3 cm³/mol. The lowest BCUT2D eigenvalue weighted by Gasteiger charge is -2.07. The molecular weight excluding hydrogens is 314 g/mol. The number of para-hydroxylation sites is 1. The van der Waals surface area contributed by atoms with Gasteiger partial charge in [-0.05, 0) is 24.3 Å². The molecule has 4 nitrogen and oxygen atoms in total. The quantitative estimate of drug-likeness (QED) is 0.533. The minimum Gasteiger partial charge on any atom is -0.420 e. The fourth-order valence-corrected chi connectivity index (χ4v) is 2.85. The zero-order valence-corrected chi connectivity index (χ0v) is 13.4. The lowest BCUT2D eigenvalue weighted by atomic mass is 10.2. The minimum absolute atomic E-state index is 0.175. The summed E-state index contributed by atoms with van der Waals surface area (Å²) >= 11 is 6.04. The average Bonchev–Trinajstić information content (AvgIpc) is 2.81. The van der Waals surface area contributed by atoms with Crippen LogP contribution in [0.1, 0.15) is 27.8 Å². The van der Waals surface area contributed by atoms with Crippen LogP contribution in [0, 0.1) is 0 Å². The summed E-state index contributed by atoms with van der Waals surface area (Å²) in [7, 11) is 1.77. The van der Waals surface area contributed by atoms with E-state index in [1.165, 1.54) is 6.92 Å². The maximum absolute atomic E-state index is 12.4. The Hall–Kier alpha value is -2.59. The number of fused-ring (bicyclic) bond motifs is 1. The van der Waals surface area contributed by atoms with E-state index >= 15 is 0 Å². The highest BCUT2D eigenvalue weighted by molar-refractivity contribution is 6.33. The number of hydrogen-bond acceptors (Lipinski definition) is 3. The number of benzene rings is 2. The van der Waals surface area contributed by atoms with E-state index in [9.17, 15) is 9.59 Å². The number of esters is 1. The van der Waals surface area contributed by atoms with E-state index < -0.39 is 5.97 Å². The summed E-state index contributed by atoms with van der Waals surface area (Å²) in [5.41, 5.74) is 1.43. The number of aromatic nitrogens is 1. The van der Waals surface area contributed by atoms with Crippen molar-refractivity contribution in [1.29, 1.82) is 0 Å². The van der Waals surface area contributed by atoms with Gasteiger partial charge in [-0.2, -0.15) is 0 Å². The Morgan fingerprint density at radius 1 is 1.04 bits per heavy atom. The van der Waals surface area contributed by atoms with Crippen LogP contribution < -0.4 is 4.74 Å². The van der Waals surface area contributed by atoms with Crippen molar-refractivity contribution in [3.8, 4) is 5.75 Å². The number of Topliss-reactive ketones (excluding diaryl/α,β-unsaturated/α-hetero) is 1. The number of nitrogens with zero attached hydrogens (tertiary/aromatic N) is 1. The van der Waals surface area contributed by atoms with Crippen LogP contribution in [0.25, 0.3) is 10.9 Å². The highest BCUT2D eigenvalue weighted by atomic mass is 35.5. The number of rotatable bonds is 3. The summed E-state index contributed by atoms with van der Waals surface area (Å²) < 4.78 is 7.27. The van der Waals surface area contributed by atoms with E-state index in [1.807, 2.05) is 24.3 Å². The molecule has 0 N–H and O–H groups in total. The molecule has 0 bridgehead atoms. The van der Waals surface area contributed by atoms with Crippen LogP contribution in [0.15, 0.2) is 48.5 Å². The lowest BCUT2D eigenvalue weighted by molar-refractivity contribution is 0.0735. The van der Waals surface area contributed by atoms with Gasteiger partial charge in [0.1, 0.15) is 5.69 Å². The van der Waals surface area contributed by atoms with Gasteiger partial charge in [0.15, 0.2) is 11.5 Å². The molecule has 0 unspecified atom stereocenters. The molecule has 0 saturated heterocycles. The lowest BCUT2D eigenvalue weighted by Crippen LogP contribution is -2.12. The summed E-state index contributed by atoms with van der Waals surface area (Å²) in [4.78, 5) is 24.4. The molecule has 0 saturated carbocycles. The highest BCUT2D eigenvalue weighted by Gasteiger charge is 2.23. The standard InChI is InChI=1S/C18H14ClNO3/c1-11(21)16-17(13-8-4-6-10-15(13)20(16)2)23-18(22)12-7-3-5-9-14(12)19/h3-10H,1-2H3. The second kappa shape index (κ2) is 5.89. The average molecular weight is 328 g/mol. The number of ether oxygens (including phenoxy) is 1. The summed E-state index contributed by atoms with van der Waals surface area (Å²) in [6.45, 7) is 1.45. The van der Waals surface area contributed by atoms with Crippen LogP contribution in [-0.2, 0) is 7.05 Å². The number of halogens is 1. The Bertz CT molecular complexity index is 927. The molecule has 0 spiro atoms. The molecule has 0 aliphatic carbocycles. The van der Waals surface area contributed by atoms with E-state index in [1.54, 1.807) is 35.9 Å². The van der Waals surface area contributed by atoms with E-state index in [2.05, 4.69) is 0 Å². The normalized spacial score (nSPS) is 10.7. The van der Waals surface area contributed by atoms with Crippen LogP contribution in [0.4, 0.5) is 0 Å². The van der Waals surface area contributed by atoms with Gasteiger partial charge < -0.3 is 9.30 Å². The van der Waals surface area contributed by atoms with E-state index in [0.717, 1.165) is 5.52 Å². The molecule has 116 valence electrons. The number of hydrogen-bond donors (Lipinski definition) is 0. The Balaban J connectivity index is 2.13. The maximum atomic E-state index is 12.4. The van der Waals surface area contributed by atoms with Crippen molar-refractivity contribution in [3.05, 3.63) is 64.8 Å². The Kier molecular flexibility index (Phi) is 3.92. The third-order valence-corrected chi connectivity index (χ3v) is 4.01. The molecule has 0 atom stereocenters. The van der Waals surface area contributed by atoms with Gasteiger partial charge in [0.05, 0.1) is 16.1 Å². The van der Waals surface area contributed by atoms with Crippen molar-refractivity contribution in [2.75, 3.05) is 0 Å². The van der Waals surface area contributed by atoms with Crippen LogP contribution in [-0.4, -0.2) is 16.3 Å². The smallest absolute Gasteiger partial charge is 0.345 e. The molecular formula is C18H14ClNO3. The van der Waals surface area contributed by atoms with Gasteiger partial charge in [-0.15, -0.1) is 0 Å². The molecule has 3 rings (SSSR count). The molecule has 1 aromatic heterocycles. The maximum Gasteiger partial charge on any atom is 0.345 e. The van der Waals surface area contributed by atoms with E-state index in [0.29, 0.717) is 16.1 Å². The first kappa shape index (κ1) is 15.3. The van der Waals surface area contributed by atoms with Gasteiger partial charge in [-0.1, -0.05) is 35.9 Å². The Morgan fingerprint density at radius 3 is 2.39 bits per heavy atom. The highest BCUT2D eigenvalue weighted by Crippen LogP contribution is 2.33. The first-order valence-corrected chi connectivity index (χ1v) is 7.43. The molecule has 0 radical (unpaired) electrons.